The Balaban J connectivity index is 1.01. The molecule has 0 atom stereocenters. The Bertz CT molecular complexity index is 3870. The topological polar surface area (TPSA) is 16.4 Å². The van der Waals surface area contributed by atoms with E-state index in [2.05, 4.69) is 241 Å². The van der Waals surface area contributed by atoms with Crippen LogP contribution in [0.1, 0.15) is 44.5 Å². The highest BCUT2D eigenvalue weighted by atomic mass is 16.3. The predicted molar refractivity (Wildman–Crippen MR) is 279 cm³/mol. The van der Waals surface area contributed by atoms with Crippen molar-refractivity contribution in [2.45, 2.75) is 10.8 Å². The summed E-state index contributed by atoms with van der Waals surface area (Å²) >= 11 is 0. The van der Waals surface area contributed by atoms with Crippen molar-refractivity contribution in [3.63, 3.8) is 0 Å². The first kappa shape index (κ1) is 36.5. The molecule has 314 valence electrons. The van der Waals surface area contributed by atoms with Crippen LogP contribution in [0.15, 0.2) is 241 Å². The van der Waals surface area contributed by atoms with Crippen LogP contribution in [0.2, 0.25) is 0 Å². The largest absolute Gasteiger partial charge is 0.454 e. The monoisotopic (exact) mass is 861 g/mol. The lowest BCUT2D eigenvalue weighted by atomic mass is 9.70. The minimum atomic E-state index is -0.494. The average molecular weight is 862 g/mol. The third-order valence-corrected chi connectivity index (χ3v) is 16.1. The summed E-state index contributed by atoms with van der Waals surface area (Å²) in [5.41, 5.74) is 24.8. The number of hydrogen-bond acceptors (Lipinski definition) is 2. The highest BCUT2D eigenvalue weighted by molar-refractivity contribution is 6.21. The molecule has 16 rings (SSSR count). The van der Waals surface area contributed by atoms with E-state index in [0.29, 0.717) is 0 Å². The van der Waals surface area contributed by atoms with Crippen LogP contribution in [0, 0.1) is 0 Å². The molecule has 1 aromatic heterocycles. The average Bonchev–Trinajstić information content (AvgIpc) is 4.18. The van der Waals surface area contributed by atoms with E-state index >= 15 is 0 Å². The second kappa shape index (κ2) is 13.0. The number of rotatable bonds is 3. The van der Waals surface area contributed by atoms with Gasteiger partial charge in [-0.25, -0.2) is 0 Å². The predicted octanol–water partition coefficient (Wildman–Crippen LogP) is 16.9. The molecule has 12 aromatic rings. The van der Waals surface area contributed by atoms with E-state index in [4.69, 9.17) is 4.42 Å². The molecule has 2 heteroatoms. The van der Waals surface area contributed by atoms with E-state index in [9.17, 15) is 0 Å². The zero-order chi connectivity index (χ0) is 44.3. The van der Waals surface area contributed by atoms with Crippen LogP contribution in [0.3, 0.4) is 0 Å². The van der Waals surface area contributed by atoms with Crippen LogP contribution in [0.25, 0.3) is 77.2 Å². The number of benzene rings is 11. The maximum atomic E-state index is 7.13. The highest BCUT2D eigenvalue weighted by Crippen LogP contribution is 2.65. The van der Waals surface area contributed by atoms with Gasteiger partial charge in [0.05, 0.1) is 16.5 Å². The van der Waals surface area contributed by atoms with Crippen LogP contribution in [0.4, 0.5) is 17.1 Å². The van der Waals surface area contributed by atoms with Crippen molar-refractivity contribution in [2.24, 2.45) is 0 Å². The van der Waals surface area contributed by atoms with E-state index in [1.54, 1.807) is 0 Å². The van der Waals surface area contributed by atoms with Gasteiger partial charge in [-0.2, -0.15) is 0 Å². The molecule has 0 radical (unpaired) electrons. The molecule has 0 aliphatic heterocycles. The molecule has 1 heterocycles. The number of anilines is 3. The molecular weight excluding hydrogens is 823 g/mol. The van der Waals surface area contributed by atoms with Crippen LogP contribution in [0.5, 0.6) is 0 Å². The molecule has 68 heavy (non-hydrogen) atoms. The first-order valence-corrected chi connectivity index (χ1v) is 23.8. The summed E-state index contributed by atoms with van der Waals surface area (Å²) in [4.78, 5) is 2.49. The molecule has 2 nitrogen and oxygen atoms in total. The Morgan fingerprint density at radius 3 is 1.13 bits per heavy atom. The van der Waals surface area contributed by atoms with Gasteiger partial charge in [0.2, 0.25) is 0 Å². The van der Waals surface area contributed by atoms with Crippen molar-refractivity contribution in [2.75, 3.05) is 4.90 Å². The zero-order valence-electron chi connectivity index (χ0n) is 36.9. The van der Waals surface area contributed by atoms with Gasteiger partial charge in [-0.05, 0) is 136 Å². The van der Waals surface area contributed by atoms with E-state index in [-0.39, 0.29) is 0 Å². The number of nitrogens with zero attached hydrogens (tertiary/aromatic N) is 1. The second-order valence-corrected chi connectivity index (χ2v) is 19.0. The highest BCUT2D eigenvalue weighted by Gasteiger charge is 2.53. The Kier molecular flexibility index (Phi) is 6.98. The van der Waals surface area contributed by atoms with Crippen LogP contribution in [-0.4, -0.2) is 0 Å². The molecule has 4 aliphatic rings. The molecule has 11 aromatic carbocycles. The van der Waals surface area contributed by atoms with Gasteiger partial charge in [-0.1, -0.05) is 200 Å². The van der Waals surface area contributed by atoms with Gasteiger partial charge < -0.3 is 9.32 Å². The molecule has 0 saturated heterocycles. The molecule has 2 spiro atoms. The number of fused-ring (bicyclic) bond motifs is 25. The molecular formula is C66H39NO. The number of para-hydroxylation sites is 1. The molecule has 0 unspecified atom stereocenters. The van der Waals surface area contributed by atoms with Crippen molar-refractivity contribution < 1.29 is 4.42 Å². The molecule has 4 aliphatic carbocycles. The third-order valence-electron chi connectivity index (χ3n) is 16.1. The van der Waals surface area contributed by atoms with Crippen molar-refractivity contribution in [3.8, 4) is 44.5 Å². The molecule has 0 saturated carbocycles. The van der Waals surface area contributed by atoms with Crippen LogP contribution in [-0.2, 0) is 10.8 Å². The zero-order valence-corrected chi connectivity index (χ0v) is 36.9. The van der Waals surface area contributed by atoms with E-state index in [1.807, 2.05) is 0 Å². The molecule has 0 N–H and O–H groups in total. The van der Waals surface area contributed by atoms with Crippen molar-refractivity contribution >= 4 is 49.8 Å². The van der Waals surface area contributed by atoms with Gasteiger partial charge in [0, 0.05) is 22.1 Å². The summed E-state index contributed by atoms with van der Waals surface area (Å²) in [7, 11) is 0. The van der Waals surface area contributed by atoms with Gasteiger partial charge in [-0.15, -0.1) is 0 Å². The second-order valence-electron chi connectivity index (χ2n) is 19.0. The summed E-state index contributed by atoms with van der Waals surface area (Å²) < 4.78 is 7.13. The lowest BCUT2D eigenvalue weighted by Crippen LogP contribution is -2.26. The maximum absolute atomic E-state index is 7.13. The Labute approximate surface area is 393 Å². The number of furan rings is 1. The first-order chi connectivity index (χ1) is 33.7. The fourth-order valence-corrected chi connectivity index (χ4v) is 13.6. The van der Waals surface area contributed by atoms with Gasteiger partial charge in [0.1, 0.15) is 5.58 Å². The van der Waals surface area contributed by atoms with Crippen molar-refractivity contribution in [3.05, 3.63) is 281 Å². The van der Waals surface area contributed by atoms with Gasteiger partial charge in [0.25, 0.3) is 0 Å². The Hall–Kier alpha value is -8.72. The van der Waals surface area contributed by atoms with Crippen molar-refractivity contribution in [1.29, 1.82) is 0 Å². The van der Waals surface area contributed by atoms with Gasteiger partial charge >= 0.3 is 0 Å². The lowest BCUT2D eigenvalue weighted by molar-refractivity contribution is 0.669. The first-order valence-electron chi connectivity index (χ1n) is 23.8. The quantitative estimate of drug-likeness (QED) is 0.176. The van der Waals surface area contributed by atoms with E-state index < -0.39 is 10.8 Å². The Morgan fingerprint density at radius 2 is 0.676 bits per heavy atom. The van der Waals surface area contributed by atoms with Crippen LogP contribution >= 0.6 is 0 Å². The molecule has 0 amide bonds. The minimum Gasteiger partial charge on any atom is -0.454 e. The van der Waals surface area contributed by atoms with E-state index in [1.165, 1.54) is 99.8 Å². The van der Waals surface area contributed by atoms with E-state index in [0.717, 1.165) is 39.0 Å². The minimum absolute atomic E-state index is 0.494. The summed E-state index contributed by atoms with van der Waals surface area (Å²) in [6.45, 7) is 0. The summed E-state index contributed by atoms with van der Waals surface area (Å²) in [6, 6.07) is 88.6. The number of hydrogen-bond donors (Lipinski definition) is 0. The standard InChI is InChI=1S/C66H39NO/c1-2-17-43-40(16-1)32-37-62-63(43)52-24-15-31-61(64(52)68-62)67(41-33-35-50-48-22-7-13-29-57(48)65(59(50)38-41)53-25-9-3-18-44(53)45-19-4-10-26-54(45)65)42-34-36-51-49-23-8-14-30-58(49)66(60(51)39-42)55-27-11-5-20-46(55)47-21-6-12-28-56(47)66/h1-39H. The Morgan fingerprint density at radius 1 is 0.294 bits per heavy atom. The summed E-state index contributed by atoms with van der Waals surface area (Å²) in [6.07, 6.45) is 0. The normalized spacial score (nSPS) is 14.4. The summed E-state index contributed by atoms with van der Waals surface area (Å²) in [5.74, 6) is 0. The molecule has 0 bridgehead atoms. The summed E-state index contributed by atoms with van der Waals surface area (Å²) in [5, 5.41) is 4.64. The van der Waals surface area contributed by atoms with Gasteiger partial charge in [0.15, 0.2) is 5.58 Å². The van der Waals surface area contributed by atoms with Crippen LogP contribution < -0.4 is 4.90 Å². The fraction of sp³-hybridized carbons (Fsp3) is 0.0303. The lowest BCUT2D eigenvalue weighted by Gasteiger charge is -2.33. The fourth-order valence-electron chi connectivity index (χ4n) is 13.6. The molecule has 0 fully saturated rings. The smallest absolute Gasteiger partial charge is 0.159 e. The van der Waals surface area contributed by atoms with Crippen molar-refractivity contribution in [1.82, 2.24) is 0 Å². The SMILES string of the molecule is c1ccc2c(c1)-c1ccccc1C21c2ccccc2-c2ccc(N(c3ccc4c(c3)C3(c5ccccc5-c5ccccc53)c3ccccc3-4)c3cccc4c3oc3ccc5ccccc5c34)cc21. The van der Waals surface area contributed by atoms with Gasteiger partial charge in [-0.3, -0.25) is 0 Å². The maximum Gasteiger partial charge on any atom is 0.159 e. The third kappa shape index (κ3) is 4.31.